The van der Waals surface area contributed by atoms with Gasteiger partial charge in [0.15, 0.2) is 0 Å². The van der Waals surface area contributed by atoms with Crippen LogP contribution in [0.3, 0.4) is 0 Å². The number of H-pyrrole nitrogens is 1. The van der Waals surface area contributed by atoms with Gasteiger partial charge in [0.25, 0.3) is 5.56 Å². The van der Waals surface area contributed by atoms with Crippen molar-refractivity contribution in [3.8, 4) is 6.07 Å². The molecule has 3 heterocycles. The van der Waals surface area contributed by atoms with E-state index in [2.05, 4.69) is 15.0 Å². The molecule has 0 aromatic carbocycles. The lowest BCUT2D eigenvalue weighted by molar-refractivity contribution is -0.138. The zero-order valence-corrected chi connectivity index (χ0v) is 16.1. The summed E-state index contributed by atoms with van der Waals surface area (Å²) in [6, 6.07) is 2.45. The lowest BCUT2D eigenvalue weighted by Gasteiger charge is -2.12. The number of aromatic nitrogens is 3. The molecule has 140 valence electrons. The number of pyridine rings is 1. The minimum absolute atomic E-state index is 0.0360. The molecule has 0 unspecified atom stereocenters. The van der Waals surface area contributed by atoms with Crippen LogP contribution in [0.5, 0.6) is 0 Å². The summed E-state index contributed by atoms with van der Waals surface area (Å²) in [5.74, 6) is 0.406. The Morgan fingerprint density at radius 2 is 2.00 bits per heavy atom. The average molecular weight is 410 g/mol. The molecule has 0 saturated heterocycles. The number of thiophene rings is 1. The first-order valence-corrected chi connectivity index (χ1v) is 9.52. The summed E-state index contributed by atoms with van der Waals surface area (Å²) in [5, 5.41) is 9.68. The molecule has 0 atom stereocenters. The van der Waals surface area contributed by atoms with Gasteiger partial charge >= 0.3 is 6.18 Å². The Labute approximate surface area is 160 Å². The van der Waals surface area contributed by atoms with Gasteiger partial charge in [-0.3, -0.25) is 4.79 Å². The molecule has 0 amide bonds. The topological polar surface area (TPSA) is 82.4 Å². The molecule has 0 spiro atoms. The Balaban J connectivity index is 1.98. The van der Waals surface area contributed by atoms with E-state index >= 15 is 0 Å². The van der Waals surface area contributed by atoms with E-state index in [0.29, 0.717) is 16.0 Å². The summed E-state index contributed by atoms with van der Waals surface area (Å²) in [4.78, 5) is 25.0. The number of nitriles is 1. The van der Waals surface area contributed by atoms with Crippen molar-refractivity contribution in [2.24, 2.45) is 0 Å². The molecule has 0 bridgehead atoms. The molecule has 3 aromatic heterocycles. The van der Waals surface area contributed by atoms with Crippen LogP contribution in [-0.4, -0.2) is 15.0 Å². The number of thioether (sulfide) groups is 1. The van der Waals surface area contributed by atoms with Crippen LogP contribution in [0.25, 0.3) is 10.2 Å². The quantitative estimate of drug-likeness (QED) is 0.644. The molecule has 1 N–H and O–H groups in total. The molecule has 0 aliphatic carbocycles. The molecule has 3 rings (SSSR count). The van der Waals surface area contributed by atoms with Gasteiger partial charge in [0, 0.05) is 10.6 Å². The maximum Gasteiger partial charge on any atom is 0.417 e. The fourth-order valence-corrected chi connectivity index (χ4v) is 4.55. The van der Waals surface area contributed by atoms with Crippen LogP contribution in [0.15, 0.2) is 15.9 Å². The lowest BCUT2D eigenvalue weighted by atomic mass is 10.1. The van der Waals surface area contributed by atoms with Crippen molar-refractivity contribution in [1.82, 2.24) is 15.0 Å². The van der Waals surface area contributed by atoms with Gasteiger partial charge in [-0.25, -0.2) is 9.97 Å². The maximum atomic E-state index is 13.2. The van der Waals surface area contributed by atoms with Gasteiger partial charge in [-0.1, -0.05) is 11.8 Å². The number of alkyl halides is 3. The number of halogens is 3. The summed E-state index contributed by atoms with van der Waals surface area (Å²) in [6.07, 6.45) is -4.65. The number of nitrogens with one attached hydrogen (secondary N) is 1. The maximum absolute atomic E-state index is 13.2. The highest BCUT2D eigenvalue weighted by atomic mass is 32.2. The molecule has 0 radical (unpaired) electrons. The van der Waals surface area contributed by atoms with Crippen LogP contribution in [0.2, 0.25) is 0 Å². The Hall–Kier alpha value is -2.38. The van der Waals surface area contributed by atoms with Crippen molar-refractivity contribution in [2.45, 2.75) is 37.7 Å². The molecule has 0 saturated carbocycles. The second-order valence-electron chi connectivity index (χ2n) is 5.87. The second-order valence-corrected chi connectivity index (χ2v) is 8.03. The lowest BCUT2D eigenvalue weighted by Crippen LogP contribution is -2.12. The predicted molar refractivity (Wildman–Crippen MR) is 98.0 cm³/mol. The summed E-state index contributed by atoms with van der Waals surface area (Å²) >= 11 is 2.32. The first kappa shape index (κ1) is 19.4. The Kier molecular flexibility index (Phi) is 5.01. The van der Waals surface area contributed by atoms with Crippen molar-refractivity contribution >= 4 is 33.3 Å². The SMILES string of the molecule is Cc1cc(C(F)(F)F)c(C#N)c(SCc2nc3sc(C)c(C)c3c(=O)[nH]2)n1. The number of rotatable bonds is 3. The summed E-state index contributed by atoms with van der Waals surface area (Å²) in [6.45, 7) is 5.17. The second kappa shape index (κ2) is 6.98. The van der Waals surface area contributed by atoms with Crippen molar-refractivity contribution in [3.63, 3.8) is 0 Å². The molecular weight excluding hydrogens is 397 g/mol. The molecule has 0 aliphatic heterocycles. The minimum atomic E-state index is -4.65. The Morgan fingerprint density at radius 3 is 2.63 bits per heavy atom. The van der Waals surface area contributed by atoms with Crippen LogP contribution >= 0.6 is 23.1 Å². The Morgan fingerprint density at radius 1 is 1.30 bits per heavy atom. The van der Waals surface area contributed by atoms with E-state index in [1.165, 1.54) is 18.3 Å². The third kappa shape index (κ3) is 3.70. The Bertz CT molecular complexity index is 1140. The first-order chi connectivity index (χ1) is 12.6. The number of fused-ring (bicyclic) bond motifs is 1. The van der Waals surface area contributed by atoms with E-state index in [9.17, 15) is 23.2 Å². The molecule has 3 aromatic rings. The highest BCUT2D eigenvalue weighted by Crippen LogP contribution is 2.36. The molecule has 10 heteroatoms. The van der Waals surface area contributed by atoms with E-state index in [-0.39, 0.29) is 22.0 Å². The van der Waals surface area contributed by atoms with Crippen molar-refractivity contribution in [2.75, 3.05) is 0 Å². The highest BCUT2D eigenvalue weighted by Gasteiger charge is 2.35. The van der Waals surface area contributed by atoms with Crippen LogP contribution < -0.4 is 5.56 Å². The third-order valence-corrected chi connectivity index (χ3v) is 6.05. The predicted octanol–water partition coefficient (Wildman–Crippen LogP) is 4.49. The minimum Gasteiger partial charge on any atom is -0.309 e. The summed E-state index contributed by atoms with van der Waals surface area (Å²) < 4.78 is 39.5. The van der Waals surface area contributed by atoms with Crippen LogP contribution in [-0.2, 0) is 11.9 Å². The normalized spacial score (nSPS) is 11.7. The van der Waals surface area contributed by atoms with Gasteiger partial charge in [-0.2, -0.15) is 18.4 Å². The largest absolute Gasteiger partial charge is 0.417 e. The van der Waals surface area contributed by atoms with Crippen LogP contribution in [0.1, 0.15) is 33.1 Å². The van der Waals surface area contributed by atoms with E-state index < -0.39 is 17.3 Å². The van der Waals surface area contributed by atoms with Gasteiger partial charge in [0.2, 0.25) is 0 Å². The molecular formula is C17H13F3N4OS2. The van der Waals surface area contributed by atoms with Gasteiger partial charge in [-0.05, 0) is 32.4 Å². The van der Waals surface area contributed by atoms with Gasteiger partial charge in [0.05, 0.1) is 22.3 Å². The van der Waals surface area contributed by atoms with Gasteiger partial charge < -0.3 is 4.98 Å². The zero-order valence-electron chi connectivity index (χ0n) is 14.5. The average Bonchev–Trinajstić information content (AvgIpc) is 2.86. The van der Waals surface area contributed by atoms with E-state index in [4.69, 9.17) is 0 Å². The highest BCUT2D eigenvalue weighted by molar-refractivity contribution is 7.98. The van der Waals surface area contributed by atoms with Gasteiger partial charge in [0.1, 0.15) is 21.7 Å². The standard InChI is InChI=1S/C17H13F3N4OS2/c1-7-4-11(17(18,19)20)10(5-21)15(22-7)26-6-12-23-14(25)13-8(2)9(3)27-16(13)24-12/h4H,6H2,1-3H3,(H,23,24,25). The molecule has 5 nitrogen and oxygen atoms in total. The van der Waals surface area contributed by atoms with Crippen LogP contribution in [0.4, 0.5) is 13.2 Å². The van der Waals surface area contributed by atoms with Gasteiger partial charge in [-0.15, -0.1) is 11.3 Å². The molecule has 0 fully saturated rings. The number of hydrogen-bond donors (Lipinski definition) is 1. The van der Waals surface area contributed by atoms with Crippen molar-refractivity contribution < 1.29 is 13.2 Å². The molecule has 0 aliphatic rings. The summed E-state index contributed by atoms with van der Waals surface area (Å²) in [5.41, 5.74) is -0.799. The molecule has 27 heavy (non-hydrogen) atoms. The van der Waals surface area contributed by atoms with Crippen molar-refractivity contribution in [1.29, 1.82) is 5.26 Å². The number of aromatic amines is 1. The fraction of sp³-hybridized carbons (Fsp3) is 0.294. The smallest absolute Gasteiger partial charge is 0.309 e. The number of hydrogen-bond acceptors (Lipinski definition) is 6. The van der Waals surface area contributed by atoms with E-state index in [0.717, 1.165) is 28.3 Å². The first-order valence-electron chi connectivity index (χ1n) is 7.72. The van der Waals surface area contributed by atoms with Crippen LogP contribution in [0, 0.1) is 32.1 Å². The zero-order chi connectivity index (χ0) is 19.9. The third-order valence-electron chi connectivity index (χ3n) is 3.97. The number of aryl methyl sites for hydroxylation is 3. The summed E-state index contributed by atoms with van der Waals surface area (Å²) in [7, 11) is 0. The van der Waals surface area contributed by atoms with E-state index in [1.54, 1.807) is 6.07 Å². The number of nitrogens with zero attached hydrogens (tertiary/aromatic N) is 3. The fourth-order valence-electron chi connectivity index (χ4n) is 2.58. The monoisotopic (exact) mass is 410 g/mol. The van der Waals surface area contributed by atoms with Crippen molar-refractivity contribution in [3.05, 3.63) is 49.5 Å². The van der Waals surface area contributed by atoms with E-state index in [1.807, 2.05) is 13.8 Å².